The van der Waals surface area contributed by atoms with Crippen molar-refractivity contribution in [2.24, 2.45) is 17.6 Å². The van der Waals surface area contributed by atoms with E-state index < -0.39 is 0 Å². The van der Waals surface area contributed by atoms with Crippen molar-refractivity contribution in [2.75, 3.05) is 13.1 Å². The van der Waals surface area contributed by atoms with Crippen LogP contribution in [0.15, 0.2) is 18.3 Å². The summed E-state index contributed by atoms with van der Waals surface area (Å²) in [6.45, 7) is 1.55. The molecule has 0 radical (unpaired) electrons. The fourth-order valence-electron chi connectivity index (χ4n) is 3.76. The Morgan fingerprint density at radius 3 is 3.00 bits per heavy atom. The van der Waals surface area contributed by atoms with Gasteiger partial charge in [-0.05, 0) is 50.3 Å². The Morgan fingerprint density at radius 2 is 2.26 bits per heavy atom. The van der Waals surface area contributed by atoms with E-state index in [1.54, 1.807) is 0 Å². The SMILES string of the molecule is NCC1CCCC1C(=O)N1CCCC1c1ccc[nH]1. The van der Waals surface area contributed by atoms with Crippen LogP contribution in [0.25, 0.3) is 0 Å². The third-order valence-corrected chi connectivity index (χ3v) is 4.80. The average molecular weight is 261 g/mol. The monoisotopic (exact) mass is 261 g/mol. The zero-order chi connectivity index (χ0) is 13.2. The molecular formula is C15H23N3O. The predicted octanol–water partition coefficient (Wildman–Crippen LogP) is 2.05. The normalized spacial score (nSPS) is 31.0. The van der Waals surface area contributed by atoms with E-state index in [9.17, 15) is 4.79 Å². The number of amides is 1. The quantitative estimate of drug-likeness (QED) is 0.874. The summed E-state index contributed by atoms with van der Waals surface area (Å²) in [6.07, 6.45) is 7.41. The lowest BCUT2D eigenvalue weighted by Gasteiger charge is -2.29. The van der Waals surface area contributed by atoms with Gasteiger partial charge in [-0.2, -0.15) is 0 Å². The zero-order valence-corrected chi connectivity index (χ0v) is 11.3. The smallest absolute Gasteiger partial charge is 0.226 e. The number of hydrogen-bond donors (Lipinski definition) is 2. The standard InChI is InChI=1S/C15H23N3O/c16-10-11-4-1-5-12(11)15(19)18-9-3-7-14(18)13-6-2-8-17-13/h2,6,8,11-12,14,17H,1,3-5,7,9-10,16H2. The fraction of sp³-hybridized carbons (Fsp3) is 0.667. The molecule has 1 saturated carbocycles. The van der Waals surface area contributed by atoms with Crippen molar-refractivity contribution in [1.82, 2.24) is 9.88 Å². The molecule has 3 unspecified atom stereocenters. The molecular weight excluding hydrogens is 238 g/mol. The van der Waals surface area contributed by atoms with Crippen molar-refractivity contribution in [2.45, 2.75) is 38.1 Å². The summed E-state index contributed by atoms with van der Waals surface area (Å²) in [5.74, 6) is 0.906. The highest BCUT2D eigenvalue weighted by molar-refractivity contribution is 5.80. The number of nitrogens with zero attached hydrogens (tertiary/aromatic N) is 1. The van der Waals surface area contributed by atoms with E-state index in [1.165, 1.54) is 5.69 Å². The lowest BCUT2D eigenvalue weighted by atomic mass is 9.94. The van der Waals surface area contributed by atoms with E-state index in [1.807, 2.05) is 12.3 Å². The molecule has 4 heteroatoms. The van der Waals surface area contributed by atoms with Crippen molar-refractivity contribution >= 4 is 5.91 Å². The first kappa shape index (κ1) is 12.7. The summed E-state index contributed by atoms with van der Waals surface area (Å²) >= 11 is 0. The van der Waals surface area contributed by atoms with E-state index in [4.69, 9.17) is 5.73 Å². The van der Waals surface area contributed by atoms with Gasteiger partial charge in [-0.1, -0.05) is 6.42 Å². The van der Waals surface area contributed by atoms with Crippen molar-refractivity contribution in [3.8, 4) is 0 Å². The molecule has 3 N–H and O–H groups in total. The first-order chi connectivity index (χ1) is 9.31. The number of aromatic amines is 1. The van der Waals surface area contributed by atoms with Crippen molar-refractivity contribution in [3.63, 3.8) is 0 Å². The predicted molar refractivity (Wildman–Crippen MR) is 74.4 cm³/mol. The topological polar surface area (TPSA) is 62.1 Å². The Bertz CT molecular complexity index is 429. The van der Waals surface area contributed by atoms with Crippen LogP contribution in [0.3, 0.4) is 0 Å². The van der Waals surface area contributed by atoms with E-state index >= 15 is 0 Å². The van der Waals surface area contributed by atoms with E-state index in [2.05, 4.69) is 16.0 Å². The molecule has 2 heterocycles. The third-order valence-electron chi connectivity index (χ3n) is 4.80. The van der Waals surface area contributed by atoms with Crippen molar-refractivity contribution in [3.05, 3.63) is 24.0 Å². The van der Waals surface area contributed by atoms with Crippen LogP contribution in [0.2, 0.25) is 0 Å². The Hall–Kier alpha value is -1.29. The molecule has 0 aromatic carbocycles. The average Bonchev–Trinajstić information content (AvgIpc) is 3.16. The molecule has 0 spiro atoms. The largest absolute Gasteiger partial charge is 0.363 e. The van der Waals surface area contributed by atoms with Gasteiger partial charge in [0.1, 0.15) is 0 Å². The minimum atomic E-state index is 0.167. The third kappa shape index (κ3) is 2.29. The second-order valence-corrected chi connectivity index (χ2v) is 5.85. The van der Waals surface area contributed by atoms with Gasteiger partial charge in [-0.3, -0.25) is 4.79 Å². The number of hydrogen-bond acceptors (Lipinski definition) is 2. The van der Waals surface area contributed by atoms with Gasteiger partial charge in [-0.15, -0.1) is 0 Å². The Morgan fingerprint density at radius 1 is 1.37 bits per heavy atom. The van der Waals surface area contributed by atoms with Crippen molar-refractivity contribution < 1.29 is 4.79 Å². The summed E-state index contributed by atoms with van der Waals surface area (Å²) in [6, 6.07) is 4.35. The van der Waals surface area contributed by atoms with Gasteiger partial charge in [0.05, 0.1) is 6.04 Å². The first-order valence-electron chi connectivity index (χ1n) is 7.45. The molecule has 3 rings (SSSR count). The Balaban J connectivity index is 1.75. The van der Waals surface area contributed by atoms with Crippen LogP contribution in [-0.2, 0) is 4.79 Å². The van der Waals surface area contributed by atoms with Gasteiger partial charge in [0.15, 0.2) is 0 Å². The Labute approximate surface area is 114 Å². The lowest BCUT2D eigenvalue weighted by molar-refractivity contribution is -0.137. The summed E-state index contributed by atoms with van der Waals surface area (Å²) in [5, 5.41) is 0. The summed E-state index contributed by atoms with van der Waals surface area (Å²) in [5.41, 5.74) is 6.99. The Kier molecular flexibility index (Phi) is 3.60. The van der Waals surface area contributed by atoms with Crippen LogP contribution in [0, 0.1) is 11.8 Å². The van der Waals surface area contributed by atoms with Gasteiger partial charge < -0.3 is 15.6 Å². The summed E-state index contributed by atoms with van der Waals surface area (Å²) in [7, 11) is 0. The molecule has 1 aromatic heterocycles. The number of carbonyl (C=O) groups is 1. The number of H-pyrrole nitrogens is 1. The van der Waals surface area contributed by atoms with E-state index in [0.717, 1.165) is 38.6 Å². The fourth-order valence-corrected chi connectivity index (χ4v) is 3.76. The van der Waals surface area contributed by atoms with Crippen LogP contribution in [0.5, 0.6) is 0 Å². The van der Waals surface area contributed by atoms with E-state index in [-0.39, 0.29) is 12.0 Å². The minimum Gasteiger partial charge on any atom is -0.363 e. The molecule has 2 aliphatic rings. The van der Waals surface area contributed by atoms with Gasteiger partial charge >= 0.3 is 0 Å². The maximum absolute atomic E-state index is 12.8. The van der Waals surface area contributed by atoms with E-state index in [0.29, 0.717) is 18.4 Å². The number of aromatic nitrogens is 1. The highest BCUT2D eigenvalue weighted by Gasteiger charge is 2.39. The maximum Gasteiger partial charge on any atom is 0.226 e. The lowest BCUT2D eigenvalue weighted by Crippen LogP contribution is -2.38. The van der Waals surface area contributed by atoms with Crippen LogP contribution >= 0.6 is 0 Å². The number of likely N-dealkylation sites (tertiary alicyclic amines) is 1. The van der Waals surface area contributed by atoms with Crippen molar-refractivity contribution in [1.29, 1.82) is 0 Å². The molecule has 0 bridgehead atoms. The van der Waals surface area contributed by atoms with Crippen LogP contribution in [-0.4, -0.2) is 28.9 Å². The molecule has 3 atom stereocenters. The molecule has 4 nitrogen and oxygen atoms in total. The summed E-state index contributed by atoms with van der Waals surface area (Å²) in [4.78, 5) is 18.1. The molecule has 19 heavy (non-hydrogen) atoms. The minimum absolute atomic E-state index is 0.167. The molecule has 1 aliphatic carbocycles. The molecule has 1 amide bonds. The number of carbonyl (C=O) groups excluding carboxylic acids is 1. The van der Waals surface area contributed by atoms with Crippen LogP contribution in [0.1, 0.15) is 43.8 Å². The zero-order valence-electron chi connectivity index (χ0n) is 11.3. The highest BCUT2D eigenvalue weighted by Crippen LogP contribution is 2.37. The molecule has 1 saturated heterocycles. The number of nitrogens with two attached hydrogens (primary N) is 1. The van der Waals surface area contributed by atoms with Gasteiger partial charge in [0, 0.05) is 24.4 Å². The number of nitrogens with one attached hydrogen (secondary N) is 1. The number of rotatable bonds is 3. The molecule has 1 aromatic rings. The van der Waals surface area contributed by atoms with Gasteiger partial charge in [0.2, 0.25) is 5.91 Å². The first-order valence-corrected chi connectivity index (χ1v) is 7.45. The highest BCUT2D eigenvalue weighted by atomic mass is 16.2. The van der Waals surface area contributed by atoms with Crippen LogP contribution in [0.4, 0.5) is 0 Å². The molecule has 104 valence electrons. The maximum atomic E-state index is 12.8. The van der Waals surface area contributed by atoms with Gasteiger partial charge in [0.25, 0.3) is 0 Å². The summed E-state index contributed by atoms with van der Waals surface area (Å²) < 4.78 is 0. The van der Waals surface area contributed by atoms with Gasteiger partial charge in [-0.25, -0.2) is 0 Å². The molecule has 1 aliphatic heterocycles. The second-order valence-electron chi connectivity index (χ2n) is 5.85. The second kappa shape index (κ2) is 5.37. The molecule has 2 fully saturated rings. The van der Waals surface area contributed by atoms with Crippen LogP contribution < -0.4 is 5.73 Å².